The largest absolute Gasteiger partial charge is 0.331 e. The number of nitrogens with zero attached hydrogens (tertiary/aromatic N) is 4. The number of rotatable bonds is 3. The number of nitrogens with one attached hydrogen (secondary N) is 1. The summed E-state index contributed by atoms with van der Waals surface area (Å²) >= 11 is 0. The van der Waals surface area contributed by atoms with Crippen LogP contribution in [0.2, 0.25) is 0 Å². The highest BCUT2D eigenvalue weighted by atomic mass is 16.2. The van der Waals surface area contributed by atoms with Crippen LogP contribution >= 0.6 is 0 Å². The first-order chi connectivity index (χ1) is 10.8. The average molecular weight is 291 g/mol. The number of para-hydroxylation sites is 1. The van der Waals surface area contributed by atoms with Crippen molar-refractivity contribution in [3.63, 3.8) is 0 Å². The van der Waals surface area contributed by atoms with Crippen LogP contribution in [-0.2, 0) is 0 Å². The fraction of sp³-hybridized carbons (Fsp3) is 0. The molecule has 22 heavy (non-hydrogen) atoms. The van der Waals surface area contributed by atoms with Gasteiger partial charge in [-0.3, -0.25) is 9.88 Å². The number of urea groups is 1. The first-order valence-electron chi connectivity index (χ1n) is 6.66. The predicted molar refractivity (Wildman–Crippen MR) is 83.9 cm³/mol. The van der Waals surface area contributed by atoms with Crippen molar-refractivity contribution in [1.29, 1.82) is 0 Å². The molecular formula is C16H13N5O. The van der Waals surface area contributed by atoms with Crippen LogP contribution in [0.25, 0.3) is 0 Å². The predicted octanol–water partition coefficient (Wildman–Crippen LogP) is 3.24. The fourth-order valence-corrected chi connectivity index (χ4v) is 1.98. The highest BCUT2D eigenvalue weighted by molar-refractivity contribution is 6.06. The van der Waals surface area contributed by atoms with Gasteiger partial charge in [-0.25, -0.2) is 14.8 Å². The van der Waals surface area contributed by atoms with Crippen molar-refractivity contribution in [2.45, 2.75) is 0 Å². The standard InChI is InChI=1S/C16H13N5O/c22-16(20-13-5-4-8-17-9-13)21(14-6-2-1-3-7-14)15-10-18-12-19-11-15/h1-12H,(H,20,22). The van der Waals surface area contributed by atoms with Crippen molar-refractivity contribution in [2.24, 2.45) is 0 Å². The van der Waals surface area contributed by atoms with Crippen LogP contribution in [0, 0.1) is 0 Å². The maximum absolute atomic E-state index is 12.6. The molecule has 0 radical (unpaired) electrons. The summed E-state index contributed by atoms with van der Waals surface area (Å²) in [4.78, 5) is 26.1. The number of carbonyl (C=O) groups excluding carboxylic acids is 1. The van der Waals surface area contributed by atoms with Crippen LogP contribution in [0.3, 0.4) is 0 Å². The molecule has 3 aromatic rings. The summed E-state index contributed by atoms with van der Waals surface area (Å²) in [6, 6.07) is 12.5. The van der Waals surface area contributed by atoms with Crippen molar-refractivity contribution in [3.8, 4) is 0 Å². The number of aromatic nitrogens is 3. The van der Waals surface area contributed by atoms with Crippen molar-refractivity contribution < 1.29 is 4.79 Å². The summed E-state index contributed by atoms with van der Waals surface area (Å²) in [5.74, 6) is 0. The summed E-state index contributed by atoms with van der Waals surface area (Å²) < 4.78 is 0. The Hall–Kier alpha value is -3.28. The van der Waals surface area contributed by atoms with Crippen LogP contribution in [0.5, 0.6) is 0 Å². The highest BCUT2D eigenvalue weighted by Gasteiger charge is 2.18. The van der Waals surface area contributed by atoms with Crippen LogP contribution < -0.4 is 10.2 Å². The minimum Gasteiger partial charge on any atom is -0.306 e. The van der Waals surface area contributed by atoms with Gasteiger partial charge in [0.25, 0.3) is 0 Å². The molecule has 1 aromatic carbocycles. The maximum atomic E-state index is 12.6. The second-order valence-corrected chi connectivity index (χ2v) is 4.44. The molecule has 0 unspecified atom stereocenters. The monoisotopic (exact) mass is 291 g/mol. The molecule has 0 saturated carbocycles. The lowest BCUT2D eigenvalue weighted by molar-refractivity contribution is 0.259. The van der Waals surface area contributed by atoms with Gasteiger partial charge in [-0.1, -0.05) is 18.2 Å². The molecule has 2 heterocycles. The molecule has 6 heteroatoms. The Balaban J connectivity index is 1.94. The van der Waals surface area contributed by atoms with E-state index in [9.17, 15) is 4.79 Å². The quantitative estimate of drug-likeness (QED) is 0.804. The van der Waals surface area contributed by atoms with Crippen molar-refractivity contribution in [3.05, 3.63) is 73.6 Å². The minimum atomic E-state index is -0.311. The van der Waals surface area contributed by atoms with E-state index < -0.39 is 0 Å². The molecule has 0 fully saturated rings. The molecule has 0 aliphatic heterocycles. The summed E-state index contributed by atoms with van der Waals surface area (Å²) in [5, 5.41) is 2.81. The molecule has 0 atom stereocenters. The zero-order valence-electron chi connectivity index (χ0n) is 11.6. The molecule has 1 N–H and O–H groups in total. The Bertz CT molecular complexity index is 695. The van der Waals surface area contributed by atoms with E-state index in [-0.39, 0.29) is 6.03 Å². The highest BCUT2D eigenvalue weighted by Crippen LogP contribution is 2.24. The molecule has 0 aliphatic carbocycles. The van der Waals surface area contributed by atoms with Crippen LogP contribution in [0.15, 0.2) is 73.6 Å². The molecule has 0 aliphatic rings. The van der Waals surface area contributed by atoms with Gasteiger partial charge < -0.3 is 5.32 Å². The minimum absolute atomic E-state index is 0.311. The van der Waals surface area contributed by atoms with Crippen molar-refractivity contribution in [1.82, 2.24) is 15.0 Å². The molecule has 0 bridgehead atoms. The Labute approximate surface area is 127 Å². The molecule has 2 aromatic heterocycles. The van der Waals surface area contributed by atoms with Gasteiger partial charge >= 0.3 is 6.03 Å². The molecule has 2 amide bonds. The smallest absolute Gasteiger partial charge is 0.306 e. The lowest BCUT2D eigenvalue weighted by Crippen LogP contribution is -2.31. The molecule has 3 rings (SSSR count). The SMILES string of the molecule is O=C(Nc1cccnc1)N(c1ccccc1)c1cncnc1. The van der Waals surface area contributed by atoms with E-state index in [1.807, 2.05) is 30.3 Å². The second kappa shape index (κ2) is 6.45. The van der Waals surface area contributed by atoms with E-state index >= 15 is 0 Å². The third-order valence-electron chi connectivity index (χ3n) is 2.94. The fourth-order valence-electron chi connectivity index (χ4n) is 1.98. The third-order valence-corrected chi connectivity index (χ3v) is 2.94. The first-order valence-corrected chi connectivity index (χ1v) is 6.66. The molecule has 108 valence electrons. The summed E-state index contributed by atoms with van der Waals surface area (Å²) in [7, 11) is 0. The van der Waals surface area contributed by atoms with Crippen LogP contribution in [0.4, 0.5) is 21.9 Å². The maximum Gasteiger partial charge on any atom is 0.331 e. The number of amides is 2. The number of anilines is 3. The summed E-state index contributed by atoms with van der Waals surface area (Å²) in [6.45, 7) is 0. The van der Waals surface area contributed by atoms with Gasteiger partial charge in [0.15, 0.2) is 0 Å². The van der Waals surface area contributed by atoms with Crippen molar-refractivity contribution in [2.75, 3.05) is 10.2 Å². The number of pyridine rings is 1. The van der Waals surface area contributed by atoms with E-state index in [0.29, 0.717) is 11.4 Å². The van der Waals surface area contributed by atoms with E-state index in [4.69, 9.17) is 0 Å². The first kappa shape index (κ1) is 13.7. The third kappa shape index (κ3) is 3.06. The Morgan fingerprint density at radius 3 is 2.32 bits per heavy atom. The lowest BCUT2D eigenvalue weighted by Gasteiger charge is -2.22. The summed E-state index contributed by atoms with van der Waals surface area (Å²) in [6.07, 6.45) is 7.83. The normalized spacial score (nSPS) is 10.0. The average Bonchev–Trinajstić information content (AvgIpc) is 2.58. The molecular weight excluding hydrogens is 278 g/mol. The van der Waals surface area contributed by atoms with Crippen LogP contribution in [-0.4, -0.2) is 21.0 Å². The lowest BCUT2D eigenvalue weighted by atomic mass is 10.3. The molecule has 6 nitrogen and oxygen atoms in total. The second-order valence-electron chi connectivity index (χ2n) is 4.44. The van der Waals surface area contributed by atoms with E-state index in [2.05, 4.69) is 20.3 Å². The van der Waals surface area contributed by atoms with Crippen molar-refractivity contribution >= 4 is 23.1 Å². The van der Waals surface area contributed by atoms with Gasteiger partial charge in [0.1, 0.15) is 6.33 Å². The zero-order valence-corrected chi connectivity index (χ0v) is 11.6. The van der Waals surface area contributed by atoms with Gasteiger partial charge in [0.2, 0.25) is 0 Å². The molecule has 0 saturated heterocycles. The molecule has 0 spiro atoms. The van der Waals surface area contributed by atoms with Gasteiger partial charge in [-0.15, -0.1) is 0 Å². The van der Waals surface area contributed by atoms with E-state index in [1.165, 1.54) is 11.2 Å². The van der Waals surface area contributed by atoms with Gasteiger partial charge in [0.05, 0.1) is 35.7 Å². The Morgan fingerprint density at radius 2 is 1.64 bits per heavy atom. The van der Waals surface area contributed by atoms with Crippen LogP contribution in [0.1, 0.15) is 0 Å². The Kier molecular flexibility index (Phi) is 4.01. The number of hydrogen-bond acceptors (Lipinski definition) is 4. The van der Waals surface area contributed by atoms with Gasteiger partial charge in [0, 0.05) is 6.20 Å². The zero-order chi connectivity index (χ0) is 15.2. The van der Waals surface area contributed by atoms with Gasteiger partial charge in [-0.05, 0) is 24.3 Å². The number of benzene rings is 1. The number of carbonyl (C=O) groups is 1. The Morgan fingerprint density at radius 1 is 0.864 bits per heavy atom. The van der Waals surface area contributed by atoms with E-state index in [1.54, 1.807) is 36.9 Å². The topological polar surface area (TPSA) is 71.0 Å². The number of hydrogen-bond donors (Lipinski definition) is 1. The summed E-state index contributed by atoms with van der Waals surface area (Å²) in [5.41, 5.74) is 1.92. The van der Waals surface area contributed by atoms with Gasteiger partial charge in [-0.2, -0.15) is 0 Å². The van der Waals surface area contributed by atoms with E-state index in [0.717, 1.165) is 5.69 Å².